The number of nitrogens with zero attached hydrogens (tertiary/aromatic N) is 1. The lowest BCUT2D eigenvalue weighted by molar-refractivity contribution is -0.118. The van der Waals surface area contributed by atoms with Crippen molar-refractivity contribution in [1.29, 1.82) is 0 Å². The largest absolute Gasteiger partial charge is 0.354 e. The van der Waals surface area contributed by atoms with E-state index in [4.69, 9.17) is 0 Å². The van der Waals surface area contributed by atoms with Crippen molar-refractivity contribution in [2.24, 2.45) is 5.92 Å². The van der Waals surface area contributed by atoms with Crippen LogP contribution in [0.2, 0.25) is 0 Å². The zero-order chi connectivity index (χ0) is 14.6. The number of benzene rings is 1. The molecule has 1 aromatic rings. The Bertz CT molecular complexity index is 606. The highest BCUT2D eigenvalue weighted by Crippen LogP contribution is 2.46. The van der Waals surface area contributed by atoms with Crippen LogP contribution in [0.1, 0.15) is 38.5 Å². The van der Waals surface area contributed by atoms with Crippen molar-refractivity contribution in [2.45, 2.75) is 50.6 Å². The van der Waals surface area contributed by atoms with E-state index in [1.807, 2.05) is 0 Å². The topological polar surface area (TPSA) is 32.3 Å². The molecule has 2 fully saturated rings. The normalized spacial score (nSPS) is 31.0. The molecule has 1 saturated heterocycles. The van der Waals surface area contributed by atoms with Crippen LogP contribution in [0.4, 0.5) is 15.8 Å². The standard InChI is InChI=1S/C16H18BrFN2O/c17-10-7-12-15(8-11(10)18)20-13-4-2-1-3-9(13)5-6-14(20)16(21)19-12/h7-9,13-14H,1-6H2,(H,19,21). The zero-order valence-corrected chi connectivity index (χ0v) is 13.3. The number of fused-ring (bicyclic) bond motifs is 5. The highest BCUT2D eigenvalue weighted by molar-refractivity contribution is 9.10. The van der Waals surface area contributed by atoms with Gasteiger partial charge in [0.2, 0.25) is 5.91 Å². The molecule has 0 bridgehead atoms. The Balaban J connectivity index is 1.82. The van der Waals surface area contributed by atoms with E-state index in [-0.39, 0.29) is 17.8 Å². The lowest BCUT2D eigenvalue weighted by Crippen LogP contribution is -2.58. The van der Waals surface area contributed by atoms with Crippen molar-refractivity contribution in [2.75, 3.05) is 10.2 Å². The van der Waals surface area contributed by atoms with Crippen molar-refractivity contribution in [3.63, 3.8) is 0 Å². The summed E-state index contributed by atoms with van der Waals surface area (Å²) >= 11 is 3.21. The van der Waals surface area contributed by atoms with Gasteiger partial charge < -0.3 is 10.2 Å². The average Bonchev–Trinajstić information content (AvgIpc) is 2.49. The minimum atomic E-state index is -0.262. The third kappa shape index (κ3) is 2.08. The molecule has 3 unspecified atom stereocenters. The van der Waals surface area contributed by atoms with E-state index >= 15 is 0 Å². The number of hydrogen-bond donors (Lipinski definition) is 1. The first-order valence-corrected chi connectivity index (χ1v) is 8.52. The van der Waals surface area contributed by atoms with Gasteiger partial charge in [0.1, 0.15) is 11.9 Å². The fourth-order valence-electron chi connectivity index (χ4n) is 4.30. The Hall–Kier alpha value is -1.10. The molecule has 3 atom stereocenters. The van der Waals surface area contributed by atoms with Gasteiger partial charge in [0.15, 0.2) is 0 Å². The van der Waals surface area contributed by atoms with Crippen LogP contribution in [-0.4, -0.2) is 18.0 Å². The number of nitrogens with one attached hydrogen (secondary N) is 1. The van der Waals surface area contributed by atoms with Crippen LogP contribution in [0.25, 0.3) is 0 Å². The smallest absolute Gasteiger partial charge is 0.247 e. The Labute approximate surface area is 132 Å². The summed E-state index contributed by atoms with van der Waals surface area (Å²) in [7, 11) is 0. The van der Waals surface area contributed by atoms with E-state index in [1.165, 1.54) is 19.3 Å². The van der Waals surface area contributed by atoms with Gasteiger partial charge in [-0.1, -0.05) is 12.8 Å². The van der Waals surface area contributed by atoms with Gasteiger partial charge in [0.05, 0.1) is 15.8 Å². The SMILES string of the molecule is O=C1Nc2cc(Br)c(F)cc2N2C1CCC1CCCCC12. The number of rotatable bonds is 0. The van der Waals surface area contributed by atoms with Gasteiger partial charge in [0.25, 0.3) is 0 Å². The van der Waals surface area contributed by atoms with Crippen LogP contribution in [0.5, 0.6) is 0 Å². The Kier molecular flexibility index (Phi) is 3.21. The van der Waals surface area contributed by atoms with E-state index in [0.29, 0.717) is 16.4 Å². The highest BCUT2D eigenvalue weighted by Gasteiger charge is 2.44. The molecule has 21 heavy (non-hydrogen) atoms. The van der Waals surface area contributed by atoms with Crippen LogP contribution >= 0.6 is 15.9 Å². The van der Waals surface area contributed by atoms with Crippen molar-refractivity contribution >= 4 is 33.2 Å². The molecule has 112 valence electrons. The van der Waals surface area contributed by atoms with Gasteiger partial charge in [0, 0.05) is 12.1 Å². The van der Waals surface area contributed by atoms with Gasteiger partial charge in [-0.25, -0.2) is 4.39 Å². The fourth-order valence-corrected chi connectivity index (χ4v) is 4.65. The molecule has 0 aromatic heterocycles. The van der Waals surface area contributed by atoms with Crippen molar-refractivity contribution in [3.05, 3.63) is 22.4 Å². The molecule has 4 rings (SSSR count). The van der Waals surface area contributed by atoms with E-state index < -0.39 is 0 Å². The van der Waals surface area contributed by atoms with Crippen molar-refractivity contribution in [3.8, 4) is 0 Å². The van der Waals surface area contributed by atoms with E-state index in [1.54, 1.807) is 12.1 Å². The predicted octanol–water partition coefficient (Wildman–Crippen LogP) is 4.07. The summed E-state index contributed by atoms with van der Waals surface area (Å²) in [5.41, 5.74) is 1.59. The Morgan fingerprint density at radius 2 is 2.00 bits per heavy atom. The molecule has 2 aliphatic heterocycles. The van der Waals surface area contributed by atoms with Crippen LogP contribution in [0, 0.1) is 11.7 Å². The van der Waals surface area contributed by atoms with Crippen LogP contribution in [0.15, 0.2) is 16.6 Å². The first-order chi connectivity index (χ1) is 10.1. The third-order valence-electron chi connectivity index (χ3n) is 5.25. The molecule has 1 aromatic carbocycles. The van der Waals surface area contributed by atoms with Gasteiger partial charge in [-0.3, -0.25) is 4.79 Å². The highest BCUT2D eigenvalue weighted by atomic mass is 79.9. The van der Waals surface area contributed by atoms with Gasteiger partial charge in [-0.2, -0.15) is 0 Å². The third-order valence-corrected chi connectivity index (χ3v) is 5.86. The lowest BCUT2D eigenvalue weighted by Gasteiger charge is -2.51. The van der Waals surface area contributed by atoms with E-state index in [9.17, 15) is 9.18 Å². The number of anilines is 2. The number of carbonyl (C=O) groups excluding carboxylic acids is 1. The fraction of sp³-hybridized carbons (Fsp3) is 0.562. The predicted molar refractivity (Wildman–Crippen MR) is 84.0 cm³/mol. The molecule has 1 amide bonds. The maximum atomic E-state index is 14.0. The summed E-state index contributed by atoms with van der Waals surface area (Å²) in [6.07, 6.45) is 6.85. The Morgan fingerprint density at radius 3 is 2.86 bits per heavy atom. The second-order valence-corrected chi connectivity index (χ2v) is 7.24. The second-order valence-electron chi connectivity index (χ2n) is 6.39. The van der Waals surface area contributed by atoms with E-state index in [0.717, 1.165) is 30.6 Å². The number of carbonyl (C=O) groups is 1. The summed E-state index contributed by atoms with van der Waals surface area (Å²) < 4.78 is 14.4. The molecular formula is C16H18BrFN2O. The van der Waals surface area contributed by atoms with E-state index in [2.05, 4.69) is 26.1 Å². The molecular weight excluding hydrogens is 335 g/mol. The molecule has 0 radical (unpaired) electrons. The summed E-state index contributed by atoms with van der Waals surface area (Å²) in [5.74, 6) is 0.451. The summed E-state index contributed by atoms with van der Waals surface area (Å²) in [6.45, 7) is 0. The van der Waals surface area contributed by atoms with Crippen molar-refractivity contribution in [1.82, 2.24) is 0 Å². The van der Waals surface area contributed by atoms with Crippen LogP contribution < -0.4 is 10.2 Å². The molecule has 2 heterocycles. The molecule has 1 N–H and O–H groups in total. The van der Waals surface area contributed by atoms with Gasteiger partial charge >= 0.3 is 0 Å². The molecule has 0 spiro atoms. The first-order valence-electron chi connectivity index (χ1n) is 7.73. The maximum Gasteiger partial charge on any atom is 0.247 e. The minimum Gasteiger partial charge on any atom is -0.354 e. The summed E-state index contributed by atoms with van der Waals surface area (Å²) in [6, 6.07) is 3.52. The summed E-state index contributed by atoms with van der Waals surface area (Å²) in [5, 5.41) is 2.95. The lowest BCUT2D eigenvalue weighted by atomic mass is 9.75. The minimum absolute atomic E-state index is 0.0602. The molecule has 5 heteroatoms. The van der Waals surface area contributed by atoms with Gasteiger partial charge in [-0.05, 0) is 53.6 Å². The van der Waals surface area contributed by atoms with Crippen molar-refractivity contribution < 1.29 is 9.18 Å². The quantitative estimate of drug-likeness (QED) is 0.763. The Morgan fingerprint density at radius 1 is 1.19 bits per heavy atom. The number of halogens is 2. The molecule has 3 aliphatic rings. The monoisotopic (exact) mass is 352 g/mol. The zero-order valence-electron chi connectivity index (χ0n) is 11.7. The number of amides is 1. The average molecular weight is 353 g/mol. The molecule has 1 saturated carbocycles. The van der Waals surface area contributed by atoms with Crippen LogP contribution in [-0.2, 0) is 4.79 Å². The summed E-state index contributed by atoms with van der Waals surface area (Å²) in [4.78, 5) is 14.6. The maximum absolute atomic E-state index is 14.0. The molecule has 1 aliphatic carbocycles. The number of hydrogen-bond acceptors (Lipinski definition) is 2. The first kappa shape index (κ1) is 13.6. The van der Waals surface area contributed by atoms with Crippen LogP contribution in [0.3, 0.4) is 0 Å². The molecule has 3 nitrogen and oxygen atoms in total. The second kappa shape index (κ2) is 4.97. The van der Waals surface area contributed by atoms with Gasteiger partial charge in [-0.15, -0.1) is 0 Å². The number of piperidine rings is 1.